The SMILES string of the molecule is CCN(C1CC1)S(=O)(=O)C1CCCC1C(=O)O. The Labute approximate surface area is 102 Å². The Balaban J connectivity index is 2.21. The maximum absolute atomic E-state index is 12.4. The highest BCUT2D eigenvalue weighted by molar-refractivity contribution is 7.89. The van der Waals surface area contributed by atoms with Crippen molar-refractivity contribution in [2.45, 2.75) is 50.3 Å². The summed E-state index contributed by atoms with van der Waals surface area (Å²) in [5.74, 6) is -1.68. The van der Waals surface area contributed by atoms with Crippen molar-refractivity contribution in [2.75, 3.05) is 6.54 Å². The van der Waals surface area contributed by atoms with E-state index >= 15 is 0 Å². The highest BCUT2D eigenvalue weighted by Crippen LogP contribution is 2.37. The smallest absolute Gasteiger partial charge is 0.307 e. The maximum atomic E-state index is 12.4. The third-order valence-corrected chi connectivity index (χ3v) is 6.28. The van der Waals surface area contributed by atoms with Gasteiger partial charge in [0.05, 0.1) is 11.2 Å². The van der Waals surface area contributed by atoms with E-state index in [2.05, 4.69) is 0 Å². The number of rotatable bonds is 5. The monoisotopic (exact) mass is 261 g/mol. The lowest BCUT2D eigenvalue weighted by Gasteiger charge is -2.26. The number of carbonyl (C=O) groups is 1. The van der Waals surface area contributed by atoms with Crippen LogP contribution in [0.2, 0.25) is 0 Å². The van der Waals surface area contributed by atoms with Gasteiger partial charge in [-0.05, 0) is 25.7 Å². The number of hydrogen-bond acceptors (Lipinski definition) is 3. The van der Waals surface area contributed by atoms with E-state index in [1.165, 1.54) is 4.31 Å². The minimum absolute atomic E-state index is 0.125. The molecule has 2 atom stereocenters. The fraction of sp³-hybridized carbons (Fsp3) is 0.909. The Hall–Kier alpha value is -0.620. The molecule has 0 aromatic rings. The van der Waals surface area contributed by atoms with E-state index < -0.39 is 27.2 Å². The van der Waals surface area contributed by atoms with Crippen LogP contribution in [0.3, 0.4) is 0 Å². The third kappa shape index (κ3) is 2.33. The van der Waals surface area contributed by atoms with Crippen molar-refractivity contribution in [3.63, 3.8) is 0 Å². The fourth-order valence-electron chi connectivity index (χ4n) is 2.75. The summed E-state index contributed by atoms with van der Waals surface area (Å²) >= 11 is 0. The number of carboxylic acids is 1. The minimum atomic E-state index is -3.43. The number of hydrogen-bond donors (Lipinski definition) is 1. The van der Waals surface area contributed by atoms with Crippen molar-refractivity contribution < 1.29 is 18.3 Å². The number of sulfonamides is 1. The molecular weight excluding hydrogens is 242 g/mol. The van der Waals surface area contributed by atoms with Crippen molar-refractivity contribution >= 4 is 16.0 Å². The first-order valence-corrected chi connectivity index (χ1v) is 7.72. The Bertz CT molecular complexity index is 402. The summed E-state index contributed by atoms with van der Waals surface area (Å²) < 4.78 is 26.4. The van der Waals surface area contributed by atoms with Crippen LogP contribution in [-0.4, -0.2) is 41.6 Å². The second-order valence-corrected chi connectivity index (χ2v) is 7.00. The first-order chi connectivity index (χ1) is 7.98. The largest absolute Gasteiger partial charge is 0.481 e. The van der Waals surface area contributed by atoms with Gasteiger partial charge >= 0.3 is 5.97 Å². The number of aliphatic carboxylic acids is 1. The van der Waals surface area contributed by atoms with Crippen molar-refractivity contribution in [2.24, 2.45) is 5.92 Å². The van der Waals surface area contributed by atoms with Crippen molar-refractivity contribution in [3.05, 3.63) is 0 Å². The molecule has 0 radical (unpaired) electrons. The lowest BCUT2D eigenvalue weighted by atomic mass is 10.1. The number of nitrogens with zero attached hydrogens (tertiary/aromatic N) is 1. The average Bonchev–Trinajstić information content (AvgIpc) is 2.94. The molecule has 2 rings (SSSR count). The van der Waals surface area contributed by atoms with Crippen LogP contribution in [0.1, 0.15) is 39.0 Å². The standard InChI is InChI=1S/C11H19NO4S/c1-2-12(8-6-7-8)17(15,16)10-5-3-4-9(10)11(13)14/h8-10H,2-7H2,1H3,(H,13,14). The summed E-state index contributed by atoms with van der Waals surface area (Å²) in [6.07, 6.45) is 3.50. The van der Waals surface area contributed by atoms with Crippen molar-refractivity contribution in [1.29, 1.82) is 0 Å². The molecule has 0 saturated heterocycles. The second kappa shape index (κ2) is 4.57. The molecule has 6 heteroatoms. The van der Waals surface area contributed by atoms with Crippen LogP contribution in [0.25, 0.3) is 0 Å². The second-order valence-electron chi connectivity index (χ2n) is 4.89. The van der Waals surface area contributed by atoms with E-state index in [1.807, 2.05) is 6.92 Å². The van der Waals surface area contributed by atoms with Crippen LogP contribution in [0.4, 0.5) is 0 Å². The Kier molecular flexibility index (Phi) is 3.45. The molecule has 2 aliphatic rings. The predicted octanol–water partition coefficient (Wildman–Crippen LogP) is 1.05. The van der Waals surface area contributed by atoms with E-state index in [-0.39, 0.29) is 6.04 Å². The molecule has 0 aromatic heterocycles. The van der Waals surface area contributed by atoms with E-state index in [9.17, 15) is 13.2 Å². The van der Waals surface area contributed by atoms with Gasteiger partial charge in [0.2, 0.25) is 10.0 Å². The summed E-state index contributed by atoms with van der Waals surface area (Å²) in [4.78, 5) is 11.1. The molecule has 1 N–H and O–H groups in total. The van der Waals surface area contributed by atoms with Crippen LogP contribution in [0.15, 0.2) is 0 Å². The van der Waals surface area contributed by atoms with Crippen LogP contribution in [0.5, 0.6) is 0 Å². The van der Waals surface area contributed by atoms with E-state index in [0.717, 1.165) is 12.8 Å². The Morgan fingerprint density at radius 2 is 1.94 bits per heavy atom. The molecule has 0 aromatic carbocycles. The molecule has 17 heavy (non-hydrogen) atoms. The van der Waals surface area contributed by atoms with Crippen LogP contribution < -0.4 is 0 Å². The highest BCUT2D eigenvalue weighted by atomic mass is 32.2. The third-order valence-electron chi connectivity index (χ3n) is 3.75. The van der Waals surface area contributed by atoms with E-state index in [1.54, 1.807) is 0 Å². The number of carboxylic acid groups (broad SMARTS) is 1. The van der Waals surface area contributed by atoms with Gasteiger partial charge in [0, 0.05) is 12.6 Å². The van der Waals surface area contributed by atoms with Gasteiger partial charge < -0.3 is 5.11 Å². The van der Waals surface area contributed by atoms with Gasteiger partial charge in [-0.15, -0.1) is 0 Å². The Morgan fingerprint density at radius 3 is 2.41 bits per heavy atom. The molecule has 2 saturated carbocycles. The Morgan fingerprint density at radius 1 is 1.29 bits per heavy atom. The molecule has 0 spiro atoms. The van der Waals surface area contributed by atoms with Gasteiger partial charge in [-0.1, -0.05) is 13.3 Å². The van der Waals surface area contributed by atoms with Crippen LogP contribution >= 0.6 is 0 Å². The molecule has 0 bridgehead atoms. The van der Waals surface area contributed by atoms with Gasteiger partial charge in [-0.3, -0.25) is 4.79 Å². The lowest BCUT2D eigenvalue weighted by Crippen LogP contribution is -2.43. The predicted molar refractivity (Wildman–Crippen MR) is 63.1 cm³/mol. The average molecular weight is 261 g/mol. The van der Waals surface area contributed by atoms with Gasteiger partial charge in [-0.2, -0.15) is 4.31 Å². The lowest BCUT2D eigenvalue weighted by molar-refractivity contribution is -0.141. The van der Waals surface area contributed by atoms with Gasteiger partial charge in [-0.25, -0.2) is 8.42 Å². The first-order valence-electron chi connectivity index (χ1n) is 6.22. The normalized spacial score (nSPS) is 29.8. The zero-order valence-corrected chi connectivity index (χ0v) is 10.8. The van der Waals surface area contributed by atoms with Gasteiger partial charge in [0.15, 0.2) is 0 Å². The summed E-state index contributed by atoms with van der Waals surface area (Å²) in [7, 11) is -3.43. The topological polar surface area (TPSA) is 74.7 Å². The fourth-order valence-corrected chi connectivity index (χ4v) is 5.21. The van der Waals surface area contributed by atoms with Crippen LogP contribution in [-0.2, 0) is 14.8 Å². The molecule has 0 amide bonds. The summed E-state index contributed by atoms with van der Waals surface area (Å²) in [5, 5.41) is 8.36. The highest BCUT2D eigenvalue weighted by Gasteiger charge is 2.47. The molecule has 2 fully saturated rings. The van der Waals surface area contributed by atoms with E-state index in [0.29, 0.717) is 25.8 Å². The zero-order valence-electron chi connectivity index (χ0n) is 10.0. The molecule has 2 unspecified atom stereocenters. The van der Waals surface area contributed by atoms with Crippen molar-refractivity contribution in [3.8, 4) is 0 Å². The molecule has 5 nitrogen and oxygen atoms in total. The van der Waals surface area contributed by atoms with E-state index in [4.69, 9.17) is 5.11 Å². The van der Waals surface area contributed by atoms with Gasteiger partial charge in [0.25, 0.3) is 0 Å². The molecule has 2 aliphatic carbocycles. The minimum Gasteiger partial charge on any atom is -0.481 e. The van der Waals surface area contributed by atoms with Crippen LogP contribution in [0, 0.1) is 5.92 Å². The zero-order chi connectivity index (χ0) is 12.6. The maximum Gasteiger partial charge on any atom is 0.307 e. The molecular formula is C11H19NO4S. The molecule has 0 aliphatic heterocycles. The summed E-state index contributed by atoms with van der Waals surface area (Å²) in [6, 6.07) is 0.125. The molecule has 0 heterocycles. The summed E-state index contributed by atoms with van der Waals surface area (Å²) in [6.45, 7) is 2.27. The molecule has 98 valence electrons. The first kappa shape index (κ1) is 12.8. The quantitative estimate of drug-likeness (QED) is 0.802. The van der Waals surface area contributed by atoms with Gasteiger partial charge in [0.1, 0.15) is 0 Å². The summed E-state index contributed by atoms with van der Waals surface area (Å²) in [5.41, 5.74) is 0. The van der Waals surface area contributed by atoms with Crippen molar-refractivity contribution in [1.82, 2.24) is 4.31 Å².